The molecule has 1 amide bonds. The van der Waals surface area contributed by atoms with Crippen LogP contribution in [-0.2, 0) is 11.2 Å². The van der Waals surface area contributed by atoms with Gasteiger partial charge in [0.1, 0.15) is 23.8 Å². The Morgan fingerprint density at radius 1 is 0.921 bits per heavy atom. The fourth-order valence-electron chi connectivity index (χ4n) is 4.74. The number of amides is 1. The summed E-state index contributed by atoms with van der Waals surface area (Å²) in [6.45, 7) is 2.65. The van der Waals surface area contributed by atoms with Crippen LogP contribution >= 0.6 is 0 Å². The predicted octanol–water partition coefficient (Wildman–Crippen LogP) is 5.10. The maximum atomic E-state index is 13.5. The molecule has 1 fully saturated rings. The van der Waals surface area contributed by atoms with Crippen LogP contribution < -0.4 is 9.64 Å². The number of piperazine rings is 1. The third kappa shape index (κ3) is 5.82. The molecule has 0 spiro atoms. The normalized spacial score (nSPS) is 13.6. The number of rotatable bonds is 8. The van der Waals surface area contributed by atoms with E-state index >= 15 is 0 Å². The zero-order chi connectivity index (χ0) is 26.5. The van der Waals surface area contributed by atoms with Crippen LogP contribution in [0.5, 0.6) is 5.88 Å². The van der Waals surface area contributed by atoms with Gasteiger partial charge < -0.3 is 19.5 Å². The van der Waals surface area contributed by atoms with Crippen LogP contribution in [0, 0.1) is 11.6 Å². The first kappa shape index (κ1) is 25.4. The van der Waals surface area contributed by atoms with Gasteiger partial charge in [0.15, 0.2) is 0 Å². The molecule has 4 aromatic rings. The molecule has 2 aromatic carbocycles. The molecule has 0 atom stereocenters. The molecule has 1 N–H and O–H groups in total. The smallest absolute Gasteiger partial charge is 0.222 e. The van der Waals surface area contributed by atoms with Crippen LogP contribution in [0.2, 0.25) is 0 Å². The lowest BCUT2D eigenvalue weighted by molar-refractivity contribution is -0.131. The van der Waals surface area contributed by atoms with Gasteiger partial charge >= 0.3 is 0 Å². The van der Waals surface area contributed by atoms with E-state index in [2.05, 4.69) is 19.9 Å². The number of nitrogens with one attached hydrogen (secondary N) is 1. The predicted molar refractivity (Wildman–Crippen MR) is 142 cm³/mol. The Labute approximate surface area is 220 Å². The molecular formula is C29H29F2N5O2. The van der Waals surface area contributed by atoms with Gasteiger partial charge in [-0.3, -0.25) is 4.79 Å². The molecule has 0 unspecified atom stereocenters. The van der Waals surface area contributed by atoms with E-state index in [0.29, 0.717) is 51.3 Å². The molecule has 2 aromatic heterocycles. The van der Waals surface area contributed by atoms with E-state index in [1.54, 1.807) is 37.4 Å². The van der Waals surface area contributed by atoms with Crippen LogP contribution in [0.1, 0.15) is 18.4 Å². The van der Waals surface area contributed by atoms with Gasteiger partial charge in [0, 0.05) is 50.1 Å². The van der Waals surface area contributed by atoms with Crippen molar-refractivity contribution in [1.82, 2.24) is 19.9 Å². The molecule has 7 nitrogen and oxygen atoms in total. The van der Waals surface area contributed by atoms with Gasteiger partial charge in [-0.25, -0.2) is 18.7 Å². The van der Waals surface area contributed by atoms with Gasteiger partial charge in [-0.05, 0) is 84.1 Å². The van der Waals surface area contributed by atoms with Crippen molar-refractivity contribution in [2.24, 2.45) is 0 Å². The van der Waals surface area contributed by atoms with Crippen molar-refractivity contribution in [3.8, 4) is 28.4 Å². The Balaban J connectivity index is 1.22. The molecule has 0 radical (unpaired) electrons. The second-order valence-corrected chi connectivity index (χ2v) is 9.24. The number of halogens is 2. The third-order valence-corrected chi connectivity index (χ3v) is 6.82. The number of aromatic amines is 1. The van der Waals surface area contributed by atoms with E-state index in [1.165, 1.54) is 30.6 Å². The largest absolute Gasteiger partial charge is 0.481 e. The molecule has 5 rings (SSSR count). The molecule has 0 aliphatic carbocycles. The summed E-state index contributed by atoms with van der Waals surface area (Å²) in [5, 5.41) is 0. The first-order valence-corrected chi connectivity index (χ1v) is 12.6. The molecular weight excluding hydrogens is 488 g/mol. The highest BCUT2D eigenvalue weighted by Gasteiger charge is 2.22. The Bertz CT molecular complexity index is 1380. The average molecular weight is 518 g/mol. The second-order valence-electron chi connectivity index (χ2n) is 9.24. The number of methoxy groups -OCH3 is 1. The Hall–Kier alpha value is -4.27. The van der Waals surface area contributed by atoms with Crippen LogP contribution in [0.4, 0.5) is 14.6 Å². The van der Waals surface area contributed by atoms with E-state index in [1.807, 2.05) is 11.0 Å². The zero-order valence-electron chi connectivity index (χ0n) is 21.2. The first-order chi connectivity index (χ1) is 18.5. The molecule has 1 aliphatic rings. The molecule has 1 aliphatic heterocycles. The lowest BCUT2D eigenvalue weighted by Crippen LogP contribution is -2.49. The van der Waals surface area contributed by atoms with E-state index in [0.717, 1.165) is 33.9 Å². The summed E-state index contributed by atoms with van der Waals surface area (Å²) in [5.41, 5.74) is 4.48. The van der Waals surface area contributed by atoms with Gasteiger partial charge in [0.05, 0.1) is 7.11 Å². The quantitative estimate of drug-likeness (QED) is 0.352. The van der Waals surface area contributed by atoms with Gasteiger partial charge in [-0.2, -0.15) is 0 Å². The number of nitrogens with zero attached hydrogens (tertiary/aromatic N) is 4. The molecule has 38 heavy (non-hydrogen) atoms. The highest BCUT2D eigenvalue weighted by Crippen LogP contribution is 2.30. The SMILES string of the molecule is COc1cc(N2CCN(C(=O)CCCc3cc(-c4ccc(F)cc4)[nH]c3-c3ccc(F)cc3)CC2)ncn1. The number of aromatic nitrogens is 3. The van der Waals surface area contributed by atoms with Gasteiger partial charge in [-0.1, -0.05) is 0 Å². The van der Waals surface area contributed by atoms with Gasteiger partial charge in [-0.15, -0.1) is 0 Å². The summed E-state index contributed by atoms with van der Waals surface area (Å²) in [7, 11) is 1.57. The van der Waals surface area contributed by atoms with Crippen molar-refractivity contribution in [2.75, 3.05) is 38.2 Å². The number of carbonyl (C=O) groups excluding carboxylic acids is 1. The summed E-state index contributed by atoms with van der Waals surface area (Å²) in [6.07, 6.45) is 3.27. The van der Waals surface area contributed by atoms with Gasteiger partial charge in [0.25, 0.3) is 0 Å². The van der Waals surface area contributed by atoms with Crippen LogP contribution in [0.15, 0.2) is 67.0 Å². The van der Waals surface area contributed by atoms with Crippen molar-refractivity contribution in [2.45, 2.75) is 19.3 Å². The molecule has 3 heterocycles. The summed E-state index contributed by atoms with van der Waals surface area (Å²) in [4.78, 5) is 28.8. The number of hydrogen-bond acceptors (Lipinski definition) is 5. The number of ether oxygens (including phenoxy) is 1. The summed E-state index contributed by atoms with van der Waals surface area (Å²) in [6, 6.07) is 16.4. The first-order valence-electron chi connectivity index (χ1n) is 12.6. The molecule has 0 bridgehead atoms. The summed E-state index contributed by atoms with van der Waals surface area (Å²) >= 11 is 0. The number of anilines is 1. The van der Waals surface area contributed by atoms with Crippen LogP contribution in [0.25, 0.3) is 22.5 Å². The molecule has 1 saturated heterocycles. The van der Waals surface area contributed by atoms with Crippen molar-refractivity contribution in [3.63, 3.8) is 0 Å². The minimum atomic E-state index is -0.301. The number of H-pyrrole nitrogens is 1. The average Bonchev–Trinajstić information content (AvgIpc) is 3.38. The fraction of sp³-hybridized carbons (Fsp3) is 0.276. The molecule has 0 saturated carbocycles. The number of carbonyl (C=O) groups is 1. The lowest BCUT2D eigenvalue weighted by atomic mass is 10.0. The van der Waals surface area contributed by atoms with E-state index in [9.17, 15) is 13.6 Å². The number of hydrogen-bond donors (Lipinski definition) is 1. The van der Waals surface area contributed by atoms with E-state index < -0.39 is 0 Å². The highest BCUT2D eigenvalue weighted by molar-refractivity contribution is 5.77. The van der Waals surface area contributed by atoms with Crippen molar-refractivity contribution < 1.29 is 18.3 Å². The molecule has 9 heteroatoms. The van der Waals surface area contributed by atoms with E-state index in [-0.39, 0.29) is 17.5 Å². The maximum absolute atomic E-state index is 13.5. The Morgan fingerprint density at radius 2 is 1.58 bits per heavy atom. The van der Waals surface area contributed by atoms with Gasteiger partial charge in [0.2, 0.25) is 11.8 Å². The van der Waals surface area contributed by atoms with Crippen molar-refractivity contribution in [3.05, 3.63) is 84.2 Å². The highest BCUT2D eigenvalue weighted by atomic mass is 19.1. The van der Waals surface area contributed by atoms with Crippen molar-refractivity contribution >= 4 is 11.7 Å². The van der Waals surface area contributed by atoms with Crippen molar-refractivity contribution in [1.29, 1.82) is 0 Å². The standard InChI is InChI=1S/C29H29F2N5O2/c1-38-27-18-26(32-19-33-27)35-13-15-36(16-14-35)28(37)4-2-3-22-17-25(20-5-9-23(30)10-6-20)34-29(22)21-7-11-24(31)12-8-21/h5-12,17-19,34H,2-4,13-16H2,1H3. The number of benzene rings is 2. The van der Waals surface area contributed by atoms with Crippen LogP contribution in [0.3, 0.4) is 0 Å². The topological polar surface area (TPSA) is 74.3 Å². The second kappa shape index (κ2) is 11.4. The van der Waals surface area contributed by atoms with E-state index in [4.69, 9.17) is 4.74 Å². The minimum Gasteiger partial charge on any atom is -0.481 e. The Morgan fingerprint density at radius 3 is 2.24 bits per heavy atom. The third-order valence-electron chi connectivity index (χ3n) is 6.82. The maximum Gasteiger partial charge on any atom is 0.222 e. The number of aryl methyl sites for hydroxylation is 1. The lowest BCUT2D eigenvalue weighted by Gasteiger charge is -2.35. The fourth-order valence-corrected chi connectivity index (χ4v) is 4.74. The Kier molecular flexibility index (Phi) is 7.62. The molecule has 196 valence electrons. The monoisotopic (exact) mass is 517 g/mol. The zero-order valence-corrected chi connectivity index (χ0v) is 21.2. The minimum absolute atomic E-state index is 0.127. The summed E-state index contributed by atoms with van der Waals surface area (Å²) < 4.78 is 32.1. The van der Waals surface area contributed by atoms with Crippen LogP contribution in [-0.4, -0.2) is 59.0 Å². The summed E-state index contributed by atoms with van der Waals surface area (Å²) in [5.74, 6) is 0.839.